The summed E-state index contributed by atoms with van der Waals surface area (Å²) in [7, 11) is -5.11. The molecule has 2 aliphatic rings. The van der Waals surface area contributed by atoms with E-state index in [0.29, 0.717) is 0 Å². The van der Waals surface area contributed by atoms with Gasteiger partial charge in [0.2, 0.25) is 0 Å². The molecule has 0 aromatic heterocycles. The maximum absolute atomic E-state index is 11.0. The molecule has 0 radical (unpaired) electrons. The Balaban J connectivity index is 2.12. The summed E-state index contributed by atoms with van der Waals surface area (Å²) in [5.41, 5.74) is 0. The van der Waals surface area contributed by atoms with Gasteiger partial charge in [-0.3, -0.25) is 9.81 Å². The van der Waals surface area contributed by atoms with Gasteiger partial charge in [0.15, 0.2) is 18.7 Å². The second kappa shape index (κ2) is 9.49. The molecule has 10 atom stereocenters. The summed E-state index contributed by atoms with van der Waals surface area (Å²) in [6, 6.07) is 0. The van der Waals surface area contributed by atoms with E-state index in [1.54, 1.807) is 0 Å². The molecule has 2 rings (SSSR count). The molecule has 28 heavy (non-hydrogen) atoms. The Labute approximate surface area is 158 Å². The number of aliphatic hydroxyl groups is 6. The first-order chi connectivity index (χ1) is 13.0. The van der Waals surface area contributed by atoms with Crippen LogP contribution in [0.15, 0.2) is 0 Å². The van der Waals surface area contributed by atoms with Gasteiger partial charge in [-0.2, -0.15) is 8.42 Å². The minimum absolute atomic E-state index is 0.742. The fourth-order valence-corrected chi connectivity index (χ4v) is 3.32. The lowest BCUT2D eigenvalue weighted by Crippen LogP contribution is -2.62. The first-order valence-electron chi connectivity index (χ1n) is 7.89. The van der Waals surface area contributed by atoms with Crippen molar-refractivity contribution in [2.45, 2.75) is 61.4 Å². The third-order valence-corrected chi connectivity index (χ3v) is 4.73. The third-order valence-electron chi connectivity index (χ3n) is 4.26. The van der Waals surface area contributed by atoms with E-state index in [1.165, 1.54) is 0 Å². The number of hydrogen-bond acceptors (Lipinski definition) is 14. The molecule has 15 nitrogen and oxygen atoms in total. The molecule has 0 aliphatic carbocycles. The quantitative estimate of drug-likeness (QED) is 0.105. The van der Waals surface area contributed by atoms with Crippen molar-refractivity contribution in [3.63, 3.8) is 0 Å². The minimum Gasteiger partial charge on any atom is -0.394 e. The zero-order valence-electron chi connectivity index (χ0n) is 14.0. The maximum atomic E-state index is 11.0. The summed E-state index contributed by atoms with van der Waals surface area (Å²) in [6.07, 6.45) is -17.5. The molecule has 0 saturated carbocycles. The van der Waals surface area contributed by atoms with Gasteiger partial charge < -0.3 is 44.8 Å². The van der Waals surface area contributed by atoms with Crippen molar-refractivity contribution in [2.75, 3.05) is 13.2 Å². The molecule has 0 aromatic rings. The van der Waals surface area contributed by atoms with Crippen LogP contribution >= 0.6 is 0 Å². The third kappa shape index (κ3) is 5.32. The molecule has 2 saturated heterocycles. The van der Waals surface area contributed by atoms with Crippen LogP contribution in [0, 0.1) is 0 Å². The maximum Gasteiger partial charge on any atom is 0.397 e. The Kier molecular flexibility index (Phi) is 8.04. The summed E-state index contributed by atoms with van der Waals surface area (Å²) >= 11 is 0. The summed E-state index contributed by atoms with van der Waals surface area (Å²) in [4.78, 5) is 4.00. The van der Waals surface area contributed by atoms with Gasteiger partial charge in [0, 0.05) is 0 Å². The van der Waals surface area contributed by atoms with Crippen molar-refractivity contribution >= 4 is 10.4 Å². The Bertz CT molecular complexity index is 600. The van der Waals surface area contributed by atoms with Crippen molar-refractivity contribution in [1.82, 2.24) is 0 Å². The summed E-state index contributed by atoms with van der Waals surface area (Å²) < 4.78 is 50.2. The molecular formula is C12H22O15S. The van der Waals surface area contributed by atoms with Gasteiger partial charge in [-0.15, -0.1) is 0 Å². The van der Waals surface area contributed by atoms with Gasteiger partial charge in [-0.05, 0) is 0 Å². The zero-order valence-corrected chi connectivity index (χ0v) is 14.8. The fourth-order valence-electron chi connectivity index (χ4n) is 2.81. The molecular weight excluding hydrogens is 416 g/mol. The summed E-state index contributed by atoms with van der Waals surface area (Å²) in [5, 5.41) is 66.7. The first-order valence-corrected chi connectivity index (χ1v) is 9.26. The highest BCUT2D eigenvalue weighted by Crippen LogP contribution is 2.27. The van der Waals surface area contributed by atoms with Crippen LogP contribution in [0.3, 0.4) is 0 Å². The second-order valence-electron chi connectivity index (χ2n) is 6.14. The fraction of sp³-hybridized carbons (Fsp3) is 1.00. The van der Waals surface area contributed by atoms with Crippen molar-refractivity contribution in [1.29, 1.82) is 0 Å². The second-order valence-corrected chi connectivity index (χ2v) is 7.19. The normalized spacial score (nSPS) is 45.1. The Morgan fingerprint density at radius 3 is 2.00 bits per heavy atom. The van der Waals surface area contributed by atoms with Crippen LogP contribution in [-0.2, 0) is 33.7 Å². The van der Waals surface area contributed by atoms with Crippen molar-refractivity contribution in [2.24, 2.45) is 0 Å². The molecule has 2 heterocycles. The molecule has 0 amide bonds. The number of aliphatic hydroxyl groups excluding tert-OH is 6. The zero-order chi connectivity index (χ0) is 21.2. The average Bonchev–Trinajstić information content (AvgIpc) is 2.62. The highest BCUT2D eigenvalue weighted by Gasteiger charge is 2.49. The van der Waals surface area contributed by atoms with E-state index in [4.69, 9.17) is 29.1 Å². The van der Waals surface area contributed by atoms with Crippen LogP contribution in [0.4, 0.5) is 0 Å². The SMILES string of the molecule is O=S(=O)(O)O[C@H]1[C@H](O)[C@@H](O)[C@@H](O)O[C@@H]1CO[C@H]1O[C@H](CO)[C@@H](O)[C@H](O)[C@H]1OO. The molecule has 0 bridgehead atoms. The van der Waals surface area contributed by atoms with E-state index in [1.807, 2.05) is 0 Å². The van der Waals surface area contributed by atoms with Crippen LogP contribution in [0.2, 0.25) is 0 Å². The Morgan fingerprint density at radius 1 is 0.857 bits per heavy atom. The highest BCUT2D eigenvalue weighted by molar-refractivity contribution is 7.80. The van der Waals surface area contributed by atoms with E-state index in [-0.39, 0.29) is 0 Å². The van der Waals surface area contributed by atoms with E-state index in [9.17, 15) is 34.0 Å². The smallest absolute Gasteiger partial charge is 0.394 e. The molecule has 0 unspecified atom stereocenters. The van der Waals surface area contributed by atoms with Crippen LogP contribution in [0.25, 0.3) is 0 Å². The summed E-state index contributed by atoms with van der Waals surface area (Å²) in [5.74, 6) is 0. The predicted octanol–water partition coefficient (Wildman–Crippen LogP) is -5.07. The topological polar surface area (TPSA) is 242 Å². The summed E-state index contributed by atoms with van der Waals surface area (Å²) in [6.45, 7) is -1.49. The van der Waals surface area contributed by atoms with E-state index >= 15 is 0 Å². The lowest BCUT2D eigenvalue weighted by Gasteiger charge is -2.42. The molecule has 16 heteroatoms. The van der Waals surface area contributed by atoms with Gasteiger partial charge in [0.05, 0.1) is 13.2 Å². The molecule has 2 aliphatic heterocycles. The first kappa shape index (κ1) is 23.7. The average molecular weight is 438 g/mol. The van der Waals surface area contributed by atoms with Crippen molar-refractivity contribution in [3.05, 3.63) is 0 Å². The molecule has 0 spiro atoms. The van der Waals surface area contributed by atoms with Gasteiger partial charge in [0.25, 0.3) is 0 Å². The minimum atomic E-state index is -5.11. The molecule has 166 valence electrons. The Hall–Kier alpha value is -0.570. The molecule has 8 N–H and O–H groups in total. The highest BCUT2D eigenvalue weighted by atomic mass is 32.3. The van der Waals surface area contributed by atoms with Gasteiger partial charge >= 0.3 is 10.4 Å². The number of hydrogen-bond donors (Lipinski definition) is 8. The lowest BCUT2D eigenvalue weighted by atomic mass is 9.98. The van der Waals surface area contributed by atoms with Gasteiger partial charge in [-0.1, -0.05) is 0 Å². The van der Waals surface area contributed by atoms with E-state index in [2.05, 4.69) is 9.07 Å². The van der Waals surface area contributed by atoms with Gasteiger partial charge in [0.1, 0.15) is 42.7 Å². The number of rotatable bonds is 7. The Morgan fingerprint density at radius 2 is 1.46 bits per heavy atom. The molecule has 2 fully saturated rings. The van der Waals surface area contributed by atoms with Crippen LogP contribution in [0.5, 0.6) is 0 Å². The standard InChI is InChI=1S/C12H22O15S/c13-1-3-5(14)6(15)10(26-19)12(25-3)23-2-4-9(27-28(20,21)22)7(16)8(17)11(18)24-4/h3-19H,1-2H2,(H,20,21,22)/t3-,4-,5-,6+,7-,8-,9-,10-,11+,12+/m1/s1. The largest absolute Gasteiger partial charge is 0.397 e. The van der Waals surface area contributed by atoms with Crippen LogP contribution < -0.4 is 0 Å². The number of ether oxygens (including phenoxy) is 3. The van der Waals surface area contributed by atoms with Crippen LogP contribution in [-0.4, -0.2) is 123 Å². The monoisotopic (exact) mass is 438 g/mol. The predicted molar refractivity (Wildman–Crippen MR) is 80.5 cm³/mol. The van der Waals surface area contributed by atoms with E-state index in [0.717, 1.165) is 0 Å². The van der Waals surface area contributed by atoms with Gasteiger partial charge in [-0.25, -0.2) is 9.07 Å². The van der Waals surface area contributed by atoms with E-state index < -0.39 is 85.0 Å². The molecule has 0 aromatic carbocycles. The lowest BCUT2D eigenvalue weighted by molar-refractivity contribution is -0.392. The van der Waals surface area contributed by atoms with Crippen molar-refractivity contribution in [3.8, 4) is 0 Å². The van der Waals surface area contributed by atoms with Crippen LogP contribution in [0.1, 0.15) is 0 Å². The van der Waals surface area contributed by atoms with Crippen molar-refractivity contribution < 1.29 is 72.1 Å².